The minimum Gasteiger partial charge on any atom is -0.462 e. The van der Waals surface area contributed by atoms with E-state index in [0.717, 1.165) is 26.7 Å². The normalized spacial score (nSPS) is 10.7. The predicted molar refractivity (Wildman–Crippen MR) is 74.3 cm³/mol. The number of furan rings is 1. The van der Waals surface area contributed by atoms with Crippen LogP contribution in [0.5, 0.6) is 0 Å². The van der Waals surface area contributed by atoms with Gasteiger partial charge in [-0.2, -0.15) is 0 Å². The van der Waals surface area contributed by atoms with E-state index in [-0.39, 0.29) is 0 Å². The summed E-state index contributed by atoms with van der Waals surface area (Å²) in [6.45, 7) is 1.71. The molecule has 4 nitrogen and oxygen atoms in total. The minimum absolute atomic E-state index is 0.413. The predicted octanol–water partition coefficient (Wildman–Crippen LogP) is 3.97. The number of rotatable bonds is 2. The van der Waals surface area contributed by atoms with E-state index in [1.807, 2.05) is 30.3 Å². The summed E-state index contributed by atoms with van der Waals surface area (Å²) in [6, 6.07) is 9.65. The van der Waals surface area contributed by atoms with Gasteiger partial charge in [-0.15, -0.1) is 11.3 Å². The summed E-state index contributed by atoms with van der Waals surface area (Å²) < 4.78 is 6.45. The third kappa shape index (κ3) is 2.00. The third-order valence-electron chi connectivity index (χ3n) is 2.45. The first-order valence-electron chi connectivity index (χ1n) is 5.49. The number of thiazole rings is 1. The highest BCUT2D eigenvalue weighted by atomic mass is 32.1. The molecule has 90 valence electrons. The lowest BCUT2D eigenvalue weighted by molar-refractivity contribution is 0.582. The molecule has 3 rings (SSSR count). The van der Waals surface area contributed by atoms with Gasteiger partial charge in [0.25, 0.3) is 0 Å². The fourth-order valence-electron chi connectivity index (χ4n) is 1.73. The zero-order valence-electron chi connectivity index (χ0n) is 9.73. The maximum atomic E-state index is 7.41. The topological polar surface area (TPSA) is 61.9 Å². The van der Waals surface area contributed by atoms with Crippen molar-refractivity contribution in [1.29, 1.82) is 5.41 Å². The number of fused-ring (bicyclic) bond motifs is 1. The zero-order valence-corrected chi connectivity index (χ0v) is 10.5. The Morgan fingerprint density at radius 1 is 1.39 bits per heavy atom. The van der Waals surface area contributed by atoms with E-state index in [4.69, 9.17) is 9.83 Å². The Morgan fingerprint density at radius 2 is 2.28 bits per heavy atom. The van der Waals surface area contributed by atoms with Crippen molar-refractivity contribution in [3.8, 4) is 10.8 Å². The molecule has 18 heavy (non-hydrogen) atoms. The first-order chi connectivity index (χ1) is 8.72. The van der Waals surface area contributed by atoms with E-state index >= 15 is 0 Å². The first kappa shape index (κ1) is 11.0. The van der Waals surface area contributed by atoms with E-state index in [1.165, 1.54) is 0 Å². The number of nitrogens with one attached hydrogen (secondary N) is 2. The van der Waals surface area contributed by atoms with Crippen LogP contribution in [-0.2, 0) is 0 Å². The van der Waals surface area contributed by atoms with Gasteiger partial charge in [-0.3, -0.25) is 5.41 Å². The highest BCUT2D eigenvalue weighted by molar-refractivity contribution is 7.21. The molecule has 0 spiro atoms. The Kier molecular flexibility index (Phi) is 2.60. The summed E-state index contributed by atoms with van der Waals surface area (Å²) in [5.74, 6) is 1.20. The minimum atomic E-state index is 0.413. The molecule has 0 unspecified atom stereocenters. The fourth-order valence-corrected chi connectivity index (χ4v) is 2.64. The number of hydrogen-bond acceptors (Lipinski definition) is 4. The smallest absolute Gasteiger partial charge is 0.162 e. The van der Waals surface area contributed by atoms with Crippen molar-refractivity contribution in [2.24, 2.45) is 0 Å². The van der Waals surface area contributed by atoms with Crippen molar-refractivity contribution in [1.82, 2.24) is 4.98 Å². The van der Waals surface area contributed by atoms with Crippen molar-refractivity contribution < 1.29 is 4.42 Å². The molecule has 0 atom stereocenters. The van der Waals surface area contributed by atoms with Gasteiger partial charge in [-0.25, -0.2) is 4.98 Å². The van der Waals surface area contributed by atoms with Gasteiger partial charge in [0.2, 0.25) is 0 Å². The molecule has 3 aromatic rings. The molecular formula is C13H11N3OS. The summed E-state index contributed by atoms with van der Waals surface area (Å²) >= 11 is 1.60. The molecule has 0 fully saturated rings. The van der Waals surface area contributed by atoms with Crippen LogP contribution in [0.15, 0.2) is 41.0 Å². The van der Waals surface area contributed by atoms with Gasteiger partial charge < -0.3 is 9.73 Å². The van der Waals surface area contributed by atoms with Gasteiger partial charge in [0, 0.05) is 5.69 Å². The summed E-state index contributed by atoms with van der Waals surface area (Å²) in [4.78, 5) is 4.54. The van der Waals surface area contributed by atoms with Crippen molar-refractivity contribution in [3.05, 3.63) is 36.6 Å². The molecule has 0 bridgehead atoms. The first-order valence-corrected chi connectivity index (χ1v) is 6.31. The summed E-state index contributed by atoms with van der Waals surface area (Å²) in [6.07, 6.45) is 1.65. The highest BCUT2D eigenvalue weighted by Gasteiger charge is 2.08. The average Bonchev–Trinajstić information content (AvgIpc) is 2.95. The quantitative estimate of drug-likeness (QED) is 0.539. The highest BCUT2D eigenvalue weighted by Crippen LogP contribution is 2.31. The van der Waals surface area contributed by atoms with Crippen LogP contribution in [0.4, 0.5) is 5.69 Å². The molecule has 0 aliphatic heterocycles. The maximum Gasteiger partial charge on any atom is 0.162 e. The van der Waals surface area contributed by atoms with Crippen LogP contribution >= 0.6 is 11.3 Å². The molecule has 0 saturated heterocycles. The Labute approximate surface area is 108 Å². The van der Waals surface area contributed by atoms with Crippen LogP contribution in [-0.4, -0.2) is 10.8 Å². The molecule has 0 radical (unpaired) electrons. The van der Waals surface area contributed by atoms with Crippen molar-refractivity contribution in [3.63, 3.8) is 0 Å². The van der Waals surface area contributed by atoms with Gasteiger partial charge in [0.05, 0.1) is 22.3 Å². The second kappa shape index (κ2) is 4.27. The van der Waals surface area contributed by atoms with Gasteiger partial charge in [-0.1, -0.05) is 0 Å². The molecule has 0 saturated carbocycles. The fraction of sp³-hybridized carbons (Fsp3) is 0.0769. The molecule has 0 amide bonds. The second-order valence-corrected chi connectivity index (χ2v) is 4.96. The van der Waals surface area contributed by atoms with E-state index in [1.54, 1.807) is 24.5 Å². The van der Waals surface area contributed by atoms with Gasteiger partial charge in [0.15, 0.2) is 10.8 Å². The van der Waals surface area contributed by atoms with Crippen molar-refractivity contribution in [2.75, 3.05) is 5.32 Å². The molecule has 2 aromatic heterocycles. The molecule has 5 heteroatoms. The Balaban J connectivity index is 2.04. The molecule has 0 aliphatic carbocycles. The number of hydrogen-bond donors (Lipinski definition) is 2. The number of aromatic nitrogens is 1. The number of benzene rings is 1. The molecule has 2 N–H and O–H groups in total. The number of amidine groups is 1. The largest absolute Gasteiger partial charge is 0.462 e. The third-order valence-corrected chi connectivity index (χ3v) is 3.50. The van der Waals surface area contributed by atoms with Crippen LogP contribution in [0, 0.1) is 5.41 Å². The molecule has 2 heterocycles. The Hall–Kier alpha value is -2.14. The van der Waals surface area contributed by atoms with E-state index in [9.17, 15) is 0 Å². The van der Waals surface area contributed by atoms with Crippen LogP contribution in [0.3, 0.4) is 0 Å². The summed E-state index contributed by atoms with van der Waals surface area (Å²) in [5, 5.41) is 11.3. The van der Waals surface area contributed by atoms with Crippen LogP contribution < -0.4 is 5.32 Å². The van der Waals surface area contributed by atoms with Crippen molar-refractivity contribution in [2.45, 2.75) is 6.92 Å². The standard InChI is InChI=1S/C13H11N3OS/c1-8(14)15-9-4-5-12-10(7-9)16-13(18-12)11-3-2-6-17-11/h2-7H,1H3,(H2,14,15). The number of anilines is 1. The van der Waals surface area contributed by atoms with Crippen molar-refractivity contribution >= 4 is 33.1 Å². The van der Waals surface area contributed by atoms with Gasteiger partial charge in [-0.05, 0) is 37.3 Å². The average molecular weight is 257 g/mol. The van der Waals surface area contributed by atoms with Gasteiger partial charge >= 0.3 is 0 Å². The lowest BCUT2D eigenvalue weighted by Gasteiger charge is -2.02. The van der Waals surface area contributed by atoms with Crippen LogP contribution in [0.1, 0.15) is 6.92 Å². The SMILES string of the molecule is CC(=N)Nc1ccc2sc(-c3ccco3)nc2c1. The summed E-state index contributed by atoms with van der Waals surface area (Å²) in [5.41, 5.74) is 1.80. The maximum absolute atomic E-state index is 7.41. The Morgan fingerprint density at radius 3 is 3.00 bits per heavy atom. The van der Waals surface area contributed by atoms with Crippen LogP contribution in [0.2, 0.25) is 0 Å². The number of nitrogens with zero attached hydrogens (tertiary/aromatic N) is 1. The second-order valence-electron chi connectivity index (χ2n) is 3.93. The lowest BCUT2D eigenvalue weighted by atomic mass is 10.3. The zero-order chi connectivity index (χ0) is 12.5. The van der Waals surface area contributed by atoms with Gasteiger partial charge in [0.1, 0.15) is 0 Å². The van der Waals surface area contributed by atoms with E-state index in [2.05, 4.69) is 10.3 Å². The lowest BCUT2D eigenvalue weighted by Crippen LogP contribution is -2.04. The van der Waals surface area contributed by atoms with Crippen LogP contribution in [0.25, 0.3) is 21.0 Å². The molecular weight excluding hydrogens is 246 g/mol. The monoisotopic (exact) mass is 257 g/mol. The molecule has 1 aromatic carbocycles. The Bertz CT molecular complexity index is 700. The molecule has 0 aliphatic rings. The van der Waals surface area contributed by atoms with E-state index < -0.39 is 0 Å². The van der Waals surface area contributed by atoms with E-state index in [0.29, 0.717) is 5.84 Å². The summed E-state index contributed by atoms with van der Waals surface area (Å²) in [7, 11) is 0.